The molecule has 1 aromatic heterocycles. The van der Waals surface area contributed by atoms with Gasteiger partial charge in [-0.25, -0.2) is 9.67 Å². The number of alkyl halides is 3. The largest absolute Gasteiger partial charge is 0.415 e. The summed E-state index contributed by atoms with van der Waals surface area (Å²) in [4.78, 5) is 4.35. The molecule has 8 heteroatoms. The van der Waals surface area contributed by atoms with Gasteiger partial charge in [-0.05, 0) is 12.1 Å². The lowest BCUT2D eigenvalue weighted by molar-refractivity contribution is -0.195. The summed E-state index contributed by atoms with van der Waals surface area (Å²) in [5.41, 5.74) is 1.54. The molecule has 0 aliphatic heterocycles. The van der Waals surface area contributed by atoms with Crippen LogP contribution in [0.5, 0.6) is 0 Å². The Labute approximate surface area is 146 Å². The highest BCUT2D eigenvalue weighted by atomic mass is 32.2. The highest BCUT2D eigenvalue weighted by Gasteiger charge is 2.38. The number of hydrogen-bond donors (Lipinski definition) is 1. The van der Waals surface area contributed by atoms with Gasteiger partial charge in [-0.1, -0.05) is 60.3 Å². The van der Waals surface area contributed by atoms with Crippen LogP contribution in [0.15, 0.2) is 65.8 Å². The molecular formula is C17H14F3N3OS. The fourth-order valence-electron chi connectivity index (χ4n) is 2.13. The Kier molecular flexibility index (Phi) is 5.10. The number of aliphatic hydroxyl groups excluding tert-OH is 1. The molecule has 0 saturated heterocycles. The quantitative estimate of drug-likeness (QED) is 0.696. The molecule has 1 atom stereocenters. The summed E-state index contributed by atoms with van der Waals surface area (Å²) in [6.07, 6.45) is -7.07. The Morgan fingerprint density at radius 3 is 2.20 bits per heavy atom. The summed E-state index contributed by atoms with van der Waals surface area (Å²) in [6.45, 7) is 0. The van der Waals surface area contributed by atoms with Gasteiger partial charge < -0.3 is 5.11 Å². The van der Waals surface area contributed by atoms with Crippen LogP contribution in [0.2, 0.25) is 0 Å². The van der Waals surface area contributed by atoms with Crippen molar-refractivity contribution in [3.05, 3.63) is 60.7 Å². The summed E-state index contributed by atoms with van der Waals surface area (Å²) < 4.78 is 39.0. The first-order chi connectivity index (χ1) is 11.9. The molecule has 1 unspecified atom stereocenters. The third kappa shape index (κ3) is 4.21. The number of nitrogens with zero attached hydrogens (tertiary/aromatic N) is 3. The third-order valence-electron chi connectivity index (χ3n) is 3.37. The van der Waals surface area contributed by atoms with Crippen molar-refractivity contribution < 1.29 is 18.3 Å². The Morgan fingerprint density at radius 1 is 1.00 bits per heavy atom. The minimum Gasteiger partial charge on any atom is -0.383 e. The van der Waals surface area contributed by atoms with Gasteiger partial charge in [-0.3, -0.25) is 0 Å². The smallest absolute Gasteiger partial charge is 0.383 e. The summed E-state index contributed by atoms with van der Waals surface area (Å²) in [5.74, 6) is -0.0351. The minimum atomic E-state index is -4.66. The zero-order valence-electron chi connectivity index (χ0n) is 12.9. The SMILES string of the molecule is OC(CSc1nc(-c2ccccc2)n(-c2ccccc2)n1)C(F)(F)F. The van der Waals surface area contributed by atoms with E-state index in [1.54, 1.807) is 4.68 Å². The second-order valence-electron chi connectivity index (χ2n) is 5.20. The van der Waals surface area contributed by atoms with Crippen LogP contribution in [0.25, 0.3) is 17.1 Å². The topological polar surface area (TPSA) is 50.9 Å². The Balaban J connectivity index is 1.93. The van der Waals surface area contributed by atoms with E-state index in [4.69, 9.17) is 5.11 Å². The van der Waals surface area contributed by atoms with Gasteiger partial charge in [0.1, 0.15) is 0 Å². The van der Waals surface area contributed by atoms with Crippen LogP contribution in [-0.4, -0.2) is 37.9 Å². The molecule has 0 spiro atoms. The Hall–Kier alpha value is -2.32. The van der Waals surface area contributed by atoms with Crippen molar-refractivity contribution in [2.45, 2.75) is 17.4 Å². The zero-order valence-corrected chi connectivity index (χ0v) is 13.7. The fourth-order valence-corrected chi connectivity index (χ4v) is 2.91. The first-order valence-corrected chi connectivity index (χ1v) is 8.39. The van der Waals surface area contributed by atoms with Crippen molar-refractivity contribution in [2.75, 3.05) is 5.75 Å². The number of aliphatic hydroxyl groups is 1. The lowest BCUT2D eigenvalue weighted by Crippen LogP contribution is -2.30. The highest BCUT2D eigenvalue weighted by molar-refractivity contribution is 7.99. The van der Waals surface area contributed by atoms with Crippen molar-refractivity contribution in [2.24, 2.45) is 0 Å². The van der Waals surface area contributed by atoms with Gasteiger partial charge in [-0.15, -0.1) is 5.10 Å². The molecule has 0 aliphatic rings. The molecule has 0 bridgehead atoms. The van der Waals surface area contributed by atoms with Crippen LogP contribution >= 0.6 is 11.8 Å². The van der Waals surface area contributed by atoms with E-state index in [1.165, 1.54) is 0 Å². The van der Waals surface area contributed by atoms with E-state index >= 15 is 0 Å². The molecule has 0 amide bonds. The summed E-state index contributed by atoms with van der Waals surface area (Å²) in [7, 11) is 0. The van der Waals surface area contributed by atoms with Gasteiger partial charge in [0.15, 0.2) is 11.9 Å². The maximum atomic E-state index is 12.5. The summed E-state index contributed by atoms with van der Waals surface area (Å²) in [6, 6.07) is 18.5. The van der Waals surface area contributed by atoms with Crippen LogP contribution in [0, 0.1) is 0 Å². The van der Waals surface area contributed by atoms with E-state index in [9.17, 15) is 13.2 Å². The lowest BCUT2D eigenvalue weighted by Gasteiger charge is -2.12. The van der Waals surface area contributed by atoms with Crippen molar-refractivity contribution >= 4 is 11.8 Å². The predicted molar refractivity (Wildman–Crippen MR) is 89.6 cm³/mol. The van der Waals surface area contributed by atoms with Crippen LogP contribution in [0.1, 0.15) is 0 Å². The molecule has 3 rings (SSSR count). The van der Waals surface area contributed by atoms with Gasteiger partial charge in [0.25, 0.3) is 0 Å². The lowest BCUT2D eigenvalue weighted by atomic mass is 10.2. The van der Waals surface area contributed by atoms with Gasteiger partial charge in [0.05, 0.1) is 5.69 Å². The number of rotatable bonds is 5. The molecule has 2 aromatic carbocycles. The molecule has 1 N–H and O–H groups in total. The molecule has 1 heterocycles. The van der Waals surface area contributed by atoms with E-state index in [0.717, 1.165) is 23.0 Å². The molecule has 4 nitrogen and oxygen atoms in total. The minimum absolute atomic E-state index is 0.172. The number of aromatic nitrogens is 3. The molecule has 0 fully saturated rings. The molecule has 0 radical (unpaired) electrons. The number of hydrogen-bond acceptors (Lipinski definition) is 4. The fraction of sp³-hybridized carbons (Fsp3) is 0.176. The van der Waals surface area contributed by atoms with Crippen LogP contribution in [-0.2, 0) is 0 Å². The standard InChI is InChI=1S/C17H14F3N3OS/c18-17(19,20)14(24)11-25-16-21-15(12-7-3-1-4-8-12)23(22-16)13-9-5-2-6-10-13/h1-10,14,24H,11H2. The van der Waals surface area contributed by atoms with E-state index < -0.39 is 18.0 Å². The maximum Gasteiger partial charge on any atom is 0.415 e. The monoisotopic (exact) mass is 365 g/mol. The van der Waals surface area contributed by atoms with Gasteiger partial charge >= 0.3 is 6.18 Å². The highest BCUT2D eigenvalue weighted by Crippen LogP contribution is 2.28. The Morgan fingerprint density at radius 2 is 1.60 bits per heavy atom. The second kappa shape index (κ2) is 7.28. The number of halogens is 3. The maximum absolute atomic E-state index is 12.5. The van der Waals surface area contributed by atoms with E-state index in [-0.39, 0.29) is 5.16 Å². The van der Waals surface area contributed by atoms with E-state index in [1.807, 2.05) is 60.7 Å². The van der Waals surface area contributed by atoms with Crippen LogP contribution < -0.4 is 0 Å². The first kappa shape index (κ1) is 17.5. The van der Waals surface area contributed by atoms with Gasteiger partial charge in [0.2, 0.25) is 5.16 Å². The van der Waals surface area contributed by atoms with E-state index in [0.29, 0.717) is 5.82 Å². The zero-order chi connectivity index (χ0) is 17.9. The van der Waals surface area contributed by atoms with Gasteiger partial charge in [-0.2, -0.15) is 13.2 Å². The first-order valence-electron chi connectivity index (χ1n) is 7.40. The average molecular weight is 365 g/mol. The van der Waals surface area contributed by atoms with Crippen molar-refractivity contribution in [1.29, 1.82) is 0 Å². The molecule has 3 aromatic rings. The third-order valence-corrected chi connectivity index (χ3v) is 4.28. The number of benzene rings is 2. The predicted octanol–water partition coefficient (Wildman–Crippen LogP) is 3.95. The second-order valence-corrected chi connectivity index (χ2v) is 6.19. The van der Waals surface area contributed by atoms with Crippen LogP contribution in [0.3, 0.4) is 0 Å². The van der Waals surface area contributed by atoms with Gasteiger partial charge in [0, 0.05) is 11.3 Å². The molecule has 0 saturated carbocycles. The summed E-state index contributed by atoms with van der Waals surface area (Å²) >= 11 is 0.767. The molecular weight excluding hydrogens is 351 g/mol. The number of para-hydroxylation sites is 1. The van der Waals surface area contributed by atoms with Crippen molar-refractivity contribution in [3.8, 4) is 17.1 Å². The normalized spacial score (nSPS) is 13.0. The van der Waals surface area contributed by atoms with E-state index in [2.05, 4.69) is 10.1 Å². The Bertz CT molecular complexity index is 765. The number of thioether (sulfide) groups is 1. The average Bonchev–Trinajstić information content (AvgIpc) is 3.04. The molecule has 25 heavy (non-hydrogen) atoms. The van der Waals surface area contributed by atoms with Crippen molar-refractivity contribution in [1.82, 2.24) is 14.8 Å². The molecule has 130 valence electrons. The summed E-state index contributed by atoms with van der Waals surface area (Å²) in [5, 5.41) is 13.6. The molecule has 0 aliphatic carbocycles. The van der Waals surface area contributed by atoms with Crippen molar-refractivity contribution in [3.63, 3.8) is 0 Å². The van der Waals surface area contributed by atoms with Crippen LogP contribution in [0.4, 0.5) is 13.2 Å².